The first-order valence-electron chi connectivity index (χ1n) is 11.8. The number of thiazole rings is 1. The minimum absolute atomic E-state index is 0.225. The number of carbonyl (C=O) groups is 3. The third kappa shape index (κ3) is 4.09. The number of nitrogens with zero attached hydrogens (tertiary/aromatic N) is 2. The van der Waals surface area contributed by atoms with Crippen LogP contribution in [0.1, 0.15) is 22.1 Å². The summed E-state index contributed by atoms with van der Waals surface area (Å²) in [5.41, 5.74) is 1.98. The molecule has 2 aromatic carbocycles. The van der Waals surface area contributed by atoms with Crippen molar-refractivity contribution in [2.45, 2.75) is 29.7 Å². The molecule has 3 atom stereocenters. The molecule has 2 aromatic heterocycles. The third-order valence-electron chi connectivity index (χ3n) is 6.70. The zero-order chi connectivity index (χ0) is 26.6. The summed E-state index contributed by atoms with van der Waals surface area (Å²) in [7, 11) is 0. The second-order valence-electron chi connectivity index (χ2n) is 9.03. The maximum absolute atomic E-state index is 13.7. The van der Waals surface area contributed by atoms with Gasteiger partial charge >= 0.3 is 4.87 Å². The molecule has 38 heavy (non-hydrogen) atoms. The van der Waals surface area contributed by atoms with Crippen LogP contribution in [-0.2, 0) is 20.9 Å². The van der Waals surface area contributed by atoms with E-state index in [0.29, 0.717) is 32.1 Å². The highest BCUT2D eigenvalue weighted by molar-refractivity contribution is 8.00. The summed E-state index contributed by atoms with van der Waals surface area (Å²) in [5.74, 6) is -2.04. The molecule has 2 aliphatic rings. The van der Waals surface area contributed by atoms with Crippen LogP contribution in [-0.4, -0.2) is 27.5 Å². The number of nitrogens with one attached hydrogen (secondary N) is 1. The van der Waals surface area contributed by atoms with Crippen LogP contribution in [0, 0.1) is 12.8 Å². The van der Waals surface area contributed by atoms with E-state index < -0.39 is 17.1 Å². The van der Waals surface area contributed by atoms with Crippen molar-refractivity contribution in [1.82, 2.24) is 4.57 Å². The van der Waals surface area contributed by atoms with E-state index in [1.54, 1.807) is 42.5 Å². The lowest BCUT2D eigenvalue weighted by molar-refractivity contribution is -0.122. The fourth-order valence-corrected chi connectivity index (χ4v) is 7.80. The van der Waals surface area contributed by atoms with Gasteiger partial charge in [-0.05, 0) is 55.0 Å². The highest BCUT2D eigenvalue weighted by Gasteiger charge is 2.57. The Morgan fingerprint density at radius 3 is 2.50 bits per heavy atom. The number of aryl methyl sites for hydroxylation is 1. The summed E-state index contributed by atoms with van der Waals surface area (Å²) >= 11 is 8.14. The molecule has 4 aromatic rings. The van der Waals surface area contributed by atoms with Gasteiger partial charge in [-0.15, -0.1) is 0 Å². The number of hydrogen-bond acceptors (Lipinski definition) is 7. The predicted octanol–water partition coefficient (Wildman–Crippen LogP) is 4.90. The highest BCUT2D eigenvalue weighted by Crippen LogP contribution is 2.53. The second-order valence-corrected chi connectivity index (χ2v) is 11.6. The quantitative estimate of drug-likeness (QED) is 0.345. The average Bonchev–Trinajstić information content (AvgIpc) is 3.59. The van der Waals surface area contributed by atoms with Crippen molar-refractivity contribution in [1.29, 1.82) is 0 Å². The number of amides is 3. The van der Waals surface area contributed by atoms with E-state index in [4.69, 9.17) is 16.0 Å². The number of thioether (sulfide) groups is 1. The molecule has 192 valence electrons. The van der Waals surface area contributed by atoms with Gasteiger partial charge in [0.05, 0.1) is 33.7 Å². The SMILES string of the molecule is Cc1ccccc1NC(=O)Cn1c2c(sc1=O)[C@@H](c1ccco1)[C@@H]1C(=O)N(c3ccc(Cl)cc3)C(=O)[C@@H]1S2. The number of para-hydroxylation sites is 1. The number of carbonyl (C=O) groups excluding carboxylic acids is 3. The molecule has 6 rings (SSSR count). The van der Waals surface area contributed by atoms with Crippen molar-refractivity contribution >= 4 is 63.8 Å². The maximum Gasteiger partial charge on any atom is 0.308 e. The molecule has 8 nitrogen and oxygen atoms in total. The van der Waals surface area contributed by atoms with E-state index in [2.05, 4.69) is 5.32 Å². The van der Waals surface area contributed by atoms with Crippen LogP contribution in [0.4, 0.5) is 11.4 Å². The van der Waals surface area contributed by atoms with Gasteiger partial charge in [0.2, 0.25) is 17.7 Å². The Kier molecular flexibility index (Phi) is 6.25. The van der Waals surface area contributed by atoms with Gasteiger partial charge in [0.15, 0.2) is 0 Å². The maximum atomic E-state index is 13.7. The highest BCUT2D eigenvalue weighted by atomic mass is 35.5. The zero-order valence-corrected chi connectivity index (χ0v) is 22.3. The van der Waals surface area contributed by atoms with E-state index in [1.165, 1.54) is 15.7 Å². The summed E-state index contributed by atoms with van der Waals surface area (Å²) in [4.78, 5) is 54.9. The molecule has 0 unspecified atom stereocenters. The number of fused-ring (bicyclic) bond motifs is 2. The van der Waals surface area contributed by atoms with Crippen LogP contribution in [0.3, 0.4) is 0 Å². The number of rotatable bonds is 5. The number of hydrogen-bond donors (Lipinski definition) is 1. The van der Waals surface area contributed by atoms with Crippen LogP contribution in [0.2, 0.25) is 5.02 Å². The van der Waals surface area contributed by atoms with E-state index in [0.717, 1.165) is 28.7 Å². The van der Waals surface area contributed by atoms with Gasteiger partial charge in [-0.2, -0.15) is 0 Å². The normalized spacial score (nSPS) is 20.4. The van der Waals surface area contributed by atoms with Gasteiger partial charge in [0.1, 0.15) is 17.6 Å². The Morgan fingerprint density at radius 1 is 1.03 bits per heavy atom. The molecule has 4 heterocycles. The summed E-state index contributed by atoms with van der Waals surface area (Å²) in [6.07, 6.45) is 1.50. The number of aromatic nitrogens is 1. The average molecular weight is 566 g/mol. The lowest BCUT2D eigenvalue weighted by Crippen LogP contribution is -2.32. The van der Waals surface area contributed by atoms with Crippen molar-refractivity contribution in [3.8, 4) is 0 Å². The van der Waals surface area contributed by atoms with Crippen molar-refractivity contribution < 1.29 is 18.8 Å². The molecule has 0 saturated carbocycles. The summed E-state index contributed by atoms with van der Waals surface area (Å²) in [6, 6.07) is 17.3. The molecule has 1 saturated heterocycles. The van der Waals surface area contributed by atoms with E-state index in [9.17, 15) is 19.2 Å². The smallest absolute Gasteiger partial charge is 0.308 e. The molecule has 11 heteroatoms. The van der Waals surface area contributed by atoms with Gasteiger partial charge < -0.3 is 9.73 Å². The van der Waals surface area contributed by atoms with E-state index in [1.807, 2.05) is 25.1 Å². The van der Waals surface area contributed by atoms with E-state index >= 15 is 0 Å². The Morgan fingerprint density at radius 2 is 1.79 bits per heavy atom. The molecule has 1 N–H and O–H groups in total. The van der Waals surface area contributed by atoms with Gasteiger partial charge in [-0.1, -0.05) is 52.9 Å². The minimum Gasteiger partial charge on any atom is -0.469 e. The van der Waals surface area contributed by atoms with Crippen LogP contribution in [0.5, 0.6) is 0 Å². The summed E-state index contributed by atoms with van der Waals surface area (Å²) < 4.78 is 7.09. The van der Waals surface area contributed by atoms with Crippen molar-refractivity contribution in [2.75, 3.05) is 10.2 Å². The lowest BCUT2D eigenvalue weighted by atomic mass is 9.87. The molecule has 1 fully saturated rings. The number of imide groups is 1. The second kappa shape index (κ2) is 9.61. The molecule has 0 radical (unpaired) electrons. The zero-order valence-electron chi connectivity index (χ0n) is 19.9. The summed E-state index contributed by atoms with van der Waals surface area (Å²) in [5, 5.41) is 3.05. The van der Waals surface area contributed by atoms with Gasteiger partial charge in [0.25, 0.3) is 0 Å². The number of benzene rings is 2. The first-order valence-corrected chi connectivity index (χ1v) is 13.8. The number of anilines is 2. The minimum atomic E-state index is -0.791. The van der Waals surface area contributed by atoms with Crippen LogP contribution >= 0.6 is 34.7 Å². The number of halogens is 1. The van der Waals surface area contributed by atoms with Crippen molar-refractivity contribution in [3.63, 3.8) is 0 Å². The Labute approximate surface area is 230 Å². The van der Waals surface area contributed by atoms with E-state index in [-0.39, 0.29) is 29.1 Å². The van der Waals surface area contributed by atoms with Crippen LogP contribution < -0.4 is 15.1 Å². The standard InChI is InChI=1S/C27H20ClN3O5S2/c1-14-5-2-3-6-17(14)29-19(32)13-30-26-23(38-27(30)35)20(18-7-4-12-36-18)21-22(37-26)25(34)31(24(21)33)16-10-8-15(28)9-11-16/h2-12,20-22H,13H2,1H3,(H,29,32)/t20-,21-,22+/m0/s1. The topological polar surface area (TPSA) is 102 Å². The molecule has 3 amide bonds. The fourth-order valence-electron chi connectivity index (χ4n) is 4.92. The molecule has 0 aliphatic carbocycles. The molecular formula is C27H20ClN3O5S2. The van der Waals surface area contributed by atoms with Crippen molar-refractivity contribution in [3.05, 3.63) is 97.8 Å². The molecule has 0 spiro atoms. The Hall–Kier alpha value is -3.60. The fraction of sp³-hybridized carbons (Fsp3) is 0.185. The lowest BCUT2D eigenvalue weighted by Gasteiger charge is -2.29. The number of furan rings is 1. The Bertz CT molecular complexity index is 1630. The van der Waals surface area contributed by atoms with Gasteiger partial charge in [-0.3, -0.25) is 23.7 Å². The molecule has 0 bridgehead atoms. The summed E-state index contributed by atoms with van der Waals surface area (Å²) in [6.45, 7) is 1.66. The predicted molar refractivity (Wildman–Crippen MR) is 146 cm³/mol. The Balaban J connectivity index is 1.39. The largest absolute Gasteiger partial charge is 0.469 e. The monoisotopic (exact) mass is 565 g/mol. The first kappa shape index (κ1) is 24.7. The first-order chi connectivity index (χ1) is 18.3. The van der Waals surface area contributed by atoms with Gasteiger partial charge in [-0.25, -0.2) is 4.90 Å². The van der Waals surface area contributed by atoms with Crippen LogP contribution in [0.25, 0.3) is 0 Å². The third-order valence-corrected chi connectivity index (χ3v) is 9.56. The van der Waals surface area contributed by atoms with Crippen LogP contribution in [0.15, 0.2) is 81.2 Å². The van der Waals surface area contributed by atoms with Gasteiger partial charge in [0, 0.05) is 10.7 Å². The van der Waals surface area contributed by atoms with Crippen molar-refractivity contribution in [2.24, 2.45) is 5.92 Å². The molecular weight excluding hydrogens is 546 g/mol. The molecule has 2 aliphatic heterocycles.